The fourth-order valence-electron chi connectivity index (χ4n) is 3.60. The number of guanidine groups is 1. The fourth-order valence-corrected chi connectivity index (χ4v) is 3.60. The molecule has 3 N–H and O–H groups in total. The average molecular weight is 310 g/mol. The quantitative estimate of drug-likeness (QED) is 0.574. The Morgan fingerprint density at radius 1 is 1.14 bits per heavy atom. The molecular formula is C16H30N4O2. The van der Waals surface area contributed by atoms with Crippen molar-refractivity contribution < 1.29 is 9.47 Å². The molecular weight excluding hydrogens is 280 g/mol. The number of nitrogens with one attached hydrogen (secondary N) is 1. The lowest BCUT2D eigenvalue weighted by Crippen LogP contribution is -2.58. The molecule has 0 aromatic heterocycles. The summed E-state index contributed by atoms with van der Waals surface area (Å²) in [6.07, 6.45) is 6.09. The van der Waals surface area contributed by atoms with E-state index in [9.17, 15) is 0 Å². The number of rotatable bonds is 5. The number of hydrogen-bond acceptors (Lipinski definition) is 4. The van der Waals surface area contributed by atoms with E-state index in [2.05, 4.69) is 15.2 Å². The number of aliphatic imine (C=N–C) groups is 1. The minimum Gasteiger partial charge on any atom is -0.381 e. The standard InChI is InChI=1S/C16H30N4O2/c17-15(18-12-14-2-1-3-14)19-13-16(4-8-21-9-5-16)20-6-10-22-11-7-20/h14H,1-13H2,(H3,17,18,19). The Balaban J connectivity index is 1.56. The van der Waals surface area contributed by atoms with Gasteiger partial charge in [0.2, 0.25) is 0 Å². The van der Waals surface area contributed by atoms with Crippen LogP contribution in [0.1, 0.15) is 32.1 Å². The highest BCUT2D eigenvalue weighted by Gasteiger charge is 2.39. The van der Waals surface area contributed by atoms with Gasteiger partial charge in [-0.3, -0.25) is 9.89 Å². The maximum atomic E-state index is 6.07. The second kappa shape index (κ2) is 7.62. The SMILES string of the molecule is NC(=NCC1(N2CCOCC2)CCOCC1)NCC1CCC1. The van der Waals surface area contributed by atoms with Gasteiger partial charge in [-0.25, -0.2) is 0 Å². The highest BCUT2D eigenvalue weighted by molar-refractivity contribution is 5.77. The van der Waals surface area contributed by atoms with Crippen LogP contribution < -0.4 is 11.1 Å². The summed E-state index contributed by atoms with van der Waals surface area (Å²) in [7, 11) is 0. The van der Waals surface area contributed by atoms with Crippen LogP contribution >= 0.6 is 0 Å². The first-order valence-electron chi connectivity index (χ1n) is 8.73. The third-order valence-corrected chi connectivity index (χ3v) is 5.45. The average Bonchev–Trinajstić information content (AvgIpc) is 2.53. The van der Waals surface area contributed by atoms with Crippen LogP contribution in [-0.4, -0.2) is 69.0 Å². The Morgan fingerprint density at radius 2 is 1.82 bits per heavy atom. The van der Waals surface area contributed by atoms with Crippen molar-refractivity contribution in [3.05, 3.63) is 0 Å². The van der Waals surface area contributed by atoms with Crippen LogP contribution in [0.25, 0.3) is 0 Å². The minimum absolute atomic E-state index is 0.102. The fraction of sp³-hybridized carbons (Fsp3) is 0.938. The molecule has 0 spiro atoms. The molecule has 6 heteroatoms. The summed E-state index contributed by atoms with van der Waals surface area (Å²) in [5, 5.41) is 3.30. The van der Waals surface area contributed by atoms with Crippen molar-refractivity contribution in [3.8, 4) is 0 Å². The van der Waals surface area contributed by atoms with Gasteiger partial charge in [-0.15, -0.1) is 0 Å². The smallest absolute Gasteiger partial charge is 0.188 e. The summed E-state index contributed by atoms with van der Waals surface area (Å²) in [6, 6.07) is 0. The molecule has 3 aliphatic rings. The van der Waals surface area contributed by atoms with E-state index < -0.39 is 0 Å². The number of ether oxygens (including phenoxy) is 2. The predicted molar refractivity (Wildman–Crippen MR) is 87.0 cm³/mol. The number of morpholine rings is 1. The highest BCUT2D eigenvalue weighted by atomic mass is 16.5. The molecule has 0 amide bonds. The molecule has 0 atom stereocenters. The number of hydrogen-bond donors (Lipinski definition) is 2. The lowest BCUT2D eigenvalue weighted by Gasteiger charge is -2.47. The van der Waals surface area contributed by atoms with Gasteiger partial charge < -0.3 is 20.5 Å². The zero-order chi connectivity index (χ0) is 15.3. The third-order valence-electron chi connectivity index (χ3n) is 5.45. The molecule has 0 bridgehead atoms. The molecule has 2 aliphatic heterocycles. The molecule has 2 saturated heterocycles. The Bertz CT molecular complexity index is 372. The van der Waals surface area contributed by atoms with Gasteiger partial charge in [-0.2, -0.15) is 0 Å². The van der Waals surface area contributed by atoms with Gasteiger partial charge in [-0.05, 0) is 31.6 Å². The monoisotopic (exact) mass is 310 g/mol. The van der Waals surface area contributed by atoms with Gasteiger partial charge in [0.25, 0.3) is 0 Å². The third kappa shape index (κ3) is 3.91. The van der Waals surface area contributed by atoms with Crippen LogP contribution in [0.15, 0.2) is 4.99 Å². The van der Waals surface area contributed by atoms with Crippen molar-refractivity contribution in [2.75, 3.05) is 52.6 Å². The van der Waals surface area contributed by atoms with E-state index in [0.717, 1.165) is 71.4 Å². The molecule has 126 valence electrons. The Labute approximate surface area is 133 Å². The van der Waals surface area contributed by atoms with Gasteiger partial charge >= 0.3 is 0 Å². The second-order valence-corrected chi connectivity index (χ2v) is 6.82. The van der Waals surface area contributed by atoms with E-state index in [1.54, 1.807) is 0 Å². The van der Waals surface area contributed by atoms with E-state index in [0.29, 0.717) is 5.96 Å². The summed E-state index contributed by atoms with van der Waals surface area (Å²) < 4.78 is 11.1. The van der Waals surface area contributed by atoms with Crippen LogP contribution in [-0.2, 0) is 9.47 Å². The first kappa shape index (κ1) is 16.0. The zero-order valence-corrected chi connectivity index (χ0v) is 13.6. The maximum absolute atomic E-state index is 6.07. The van der Waals surface area contributed by atoms with Crippen LogP contribution in [0.2, 0.25) is 0 Å². The summed E-state index contributed by atoms with van der Waals surface area (Å²) in [5.74, 6) is 1.40. The van der Waals surface area contributed by atoms with Crippen molar-refractivity contribution in [1.82, 2.24) is 10.2 Å². The van der Waals surface area contributed by atoms with Crippen molar-refractivity contribution in [3.63, 3.8) is 0 Å². The van der Waals surface area contributed by atoms with Gasteiger partial charge in [-0.1, -0.05) is 6.42 Å². The summed E-state index contributed by atoms with van der Waals surface area (Å²) in [6.45, 7) is 7.01. The first-order valence-corrected chi connectivity index (χ1v) is 8.73. The predicted octanol–water partition coefficient (Wildman–Crippen LogP) is 0.572. The molecule has 2 heterocycles. The highest BCUT2D eigenvalue weighted by Crippen LogP contribution is 2.29. The lowest BCUT2D eigenvalue weighted by molar-refractivity contribution is -0.0667. The molecule has 3 rings (SSSR count). The number of nitrogens with zero attached hydrogens (tertiary/aromatic N) is 2. The molecule has 0 unspecified atom stereocenters. The molecule has 0 aromatic rings. The van der Waals surface area contributed by atoms with Crippen molar-refractivity contribution >= 4 is 5.96 Å². The maximum Gasteiger partial charge on any atom is 0.188 e. The molecule has 3 fully saturated rings. The summed E-state index contributed by atoms with van der Waals surface area (Å²) in [4.78, 5) is 7.21. The van der Waals surface area contributed by atoms with E-state index in [-0.39, 0.29) is 5.54 Å². The molecule has 0 aromatic carbocycles. The largest absolute Gasteiger partial charge is 0.381 e. The van der Waals surface area contributed by atoms with Crippen LogP contribution in [0.5, 0.6) is 0 Å². The van der Waals surface area contributed by atoms with Gasteiger partial charge in [0.15, 0.2) is 5.96 Å². The van der Waals surface area contributed by atoms with Gasteiger partial charge in [0, 0.05) is 38.4 Å². The van der Waals surface area contributed by atoms with E-state index in [4.69, 9.17) is 15.2 Å². The van der Waals surface area contributed by atoms with Crippen LogP contribution in [0, 0.1) is 5.92 Å². The van der Waals surface area contributed by atoms with Crippen LogP contribution in [0.4, 0.5) is 0 Å². The van der Waals surface area contributed by atoms with E-state index in [1.807, 2.05) is 0 Å². The molecule has 1 saturated carbocycles. The Kier molecular flexibility index (Phi) is 5.55. The molecule has 1 aliphatic carbocycles. The second-order valence-electron chi connectivity index (χ2n) is 6.82. The zero-order valence-electron chi connectivity index (χ0n) is 13.6. The minimum atomic E-state index is 0.102. The molecule has 0 radical (unpaired) electrons. The molecule has 22 heavy (non-hydrogen) atoms. The first-order chi connectivity index (χ1) is 10.8. The topological polar surface area (TPSA) is 72.1 Å². The Morgan fingerprint density at radius 3 is 2.45 bits per heavy atom. The van der Waals surface area contributed by atoms with Gasteiger partial charge in [0.05, 0.1) is 19.8 Å². The summed E-state index contributed by atoms with van der Waals surface area (Å²) in [5.41, 5.74) is 6.17. The van der Waals surface area contributed by atoms with Gasteiger partial charge in [0.1, 0.15) is 0 Å². The van der Waals surface area contributed by atoms with Crippen molar-refractivity contribution in [1.29, 1.82) is 0 Å². The van der Waals surface area contributed by atoms with E-state index in [1.165, 1.54) is 19.3 Å². The lowest BCUT2D eigenvalue weighted by atomic mass is 9.85. The molecule has 6 nitrogen and oxygen atoms in total. The Hall–Kier alpha value is -0.850. The summed E-state index contributed by atoms with van der Waals surface area (Å²) >= 11 is 0. The van der Waals surface area contributed by atoms with E-state index >= 15 is 0 Å². The normalized spacial score (nSPS) is 27.4. The van der Waals surface area contributed by atoms with Crippen LogP contribution in [0.3, 0.4) is 0 Å². The van der Waals surface area contributed by atoms with Crippen molar-refractivity contribution in [2.24, 2.45) is 16.6 Å². The van der Waals surface area contributed by atoms with Crippen molar-refractivity contribution in [2.45, 2.75) is 37.6 Å². The number of nitrogens with two attached hydrogens (primary N) is 1.